The number of rotatable bonds is 1. The zero-order chi connectivity index (χ0) is 18.6. The fraction of sp³-hybridized carbons (Fsp3) is 0.160. The van der Waals surface area contributed by atoms with Crippen molar-refractivity contribution in [2.75, 3.05) is 0 Å². The van der Waals surface area contributed by atoms with E-state index < -0.39 is 8.07 Å². The third-order valence-electron chi connectivity index (χ3n) is 6.23. The predicted molar refractivity (Wildman–Crippen MR) is 118 cm³/mol. The molecule has 1 nitrogen and oxygen atoms in total. The first-order chi connectivity index (χ1) is 13.1. The fourth-order valence-corrected chi connectivity index (χ4v) is 9.53. The molecule has 1 atom stereocenters. The van der Waals surface area contributed by atoms with E-state index in [1.165, 1.54) is 22.0 Å². The number of benzene rings is 2. The van der Waals surface area contributed by atoms with E-state index in [-0.39, 0.29) is 51.0 Å². The van der Waals surface area contributed by atoms with Gasteiger partial charge in [0.05, 0.1) is 8.07 Å². The van der Waals surface area contributed by atoms with Crippen LogP contribution in [0.1, 0.15) is 23.6 Å². The van der Waals surface area contributed by atoms with E-state index >= 15 is 0 Å². The van der Waals surface area contributed by atoms with Crippen molar-refractivity contribution in [3.63, 3.8) is 0 Å². The van der Waals surface area contributed by atoms with Crippen LogP contribution in [0, 0.1) is 0 Å². The van der Waals surface area contributed by atoms with Gasteiger partial charge in [0.25, 0.3) is 0 Å². The number of para-hydroxylation sites is 1. The zero-order valence-electron chi connectivity index (χ0n) is 17.4. The number of fused-ring (bicyclic) bond motifs is 1. The predicted octanol–water partition coefficient (Wildman–Crippen LogP) is 0.713. The van der Waals surface area contributed by atoms with Gasteiger partial charge in [-0.1, -0.05) is 48.1 Å². The third-order valence-corrected chi connectivity index (χ3v) is 10.4. The van der Waals surface area contributed by atoms with Gasteiger partial charge in [-0.05, 0) is 30.2 Å². The molecule has 3 heterocycles. The Morgan fingerprint density at radius 1 is 0.867 bits per heavy atom. The molecule has 0 saturated carbocycles. The summed E-state index contributed by atoms with van der Waals surface area (Å²) in [6.07, 6.45) is 4.69. The maximum atomic E-state index is 2.51. The van der Waals surface area contributed by atoms with Crippen LogP contribution in [-0.4, -0.2) is 12.6 Å². The van der Waals surface area contributed by atoms with E-state index in [1.54, 1.807) is 16.3 Å². The maximum Gasteiger partial charge on any atom is 3.00 e. The van der Waals surface area contributed by atoms with Gasteiger partial charge in [0.1, 0.15) is 0 Å². The first-order valence-electron chi connectivity index (χ1n) is 9.67. The van der Waals surface area contributed by atoms with Crippen molar-refractivity contribution in [3.8, 4) is 5.69 Å². The standard InChI is InChI=1S/C16H17NSi.C9H7.2ClH.Zr/c1-11-15-13-9-17(12-7-5-4-6-8-12)10-14(13)16(11)18(15,2)3;1-2-5-9-7-3-6-8(9)4-1;;;/h4-10,15H,1-3H3;1-7H;2*1H;/q;-1;;;+3/p-2. The van der Waals surface area contributed by atoms with Crippen molar-refractivity contribution in [1.29, 1.82) is 0 Å². The molecule has 0 fully saturated rings. The molecule has 0 N–H and O–H groups in total. The molecule has 5 heteroatoms. The number of halogens is 2. The smallest absolute Gasteiger partial charge is 1.00 e. The van der Waals surface area contributed by atoms with Gasteiger partial charge in [-0.25, -0.2) is 0 Å². The second kappa shape index (κ2) is 9.49. The number of nitrogens with zero attached hydrogens (tertiary/aromatic N) is 1. The molecule has 1 aliphatic carbocycles. The van der Waals surface area contributed by atoms with E-state index in [1.807, 2.05) is 0 Å². The normalized spacial score (nSPS) is 16.8. The summed E-state index contributed by atoms with van der Waals surface area (Å²) in [7, 11) is -1.12. The summed E-state index contributed by atoms with van der Waals surface area (Å²) < 4.78 is 2.29. The SMILES string of the molecule is CC1=C2c3cn(-c4ccccc4)cc3C1[Si]2(C)C.[Cl-].[Cl-].[Zr+3].c1ccc2[cH-]ccc2c1. The average molecular weight is 529 g/mol. The number of allylic oxidation sites excluding steroid dienone is 1. The maximum absolute atomic E-state index is 2.51. The van der Waals surface area contributed by atoms with Crippen LogP contribution in [0.2, 0.25) is 13.1 Å². The Balaban J connectivity index is 0.000000230. The minimum Gasteiger partial charge on any atom is -1.00 e. The molecule has 1 radical (unpaired) electrons. The van der Waals surface area contributed by atoms with E-state index in [0.717, 1.165) is 5.54 Å². The van der Waals surface area contributed by atoms with E-state index in [0.29, 0.717) is 0 Å². The minimum absolute atomic E-state index is 0. The van der Waals surface area contributed by atoms with Crippen LogP contribution in [0.5, 0.6) is 0 Å². The van der Waals surface area contributed by atoms with Gasteiger partial charge in [-0.2, -0.15) is 17.5 Å². The molecule has 30 heavy (non-hydrogen) atoms. The summed E-state index contributed by atoms with van der Waals surface area (Å²) in [5, 5.41) is 4.38. The molecule has 151 valence electrons. The average Bonchev–Trinajstić information content (AvgIpc) is 3.39. The van der Waals surface area contributed by atoms with E-state index in [2.05, 4.69) is 110 Å². The second-order valence-corrected chi connectivity index (χ2v) is 12.8. The summed E-state index contributed by atoms with van der Waals surface area (Å²) in [6, 6.07) is 25.3. The molecule has 3 aromatic carbocycles. The van der Waals surface area contributed by atoms with Crippen molar-refractivity contribution >= 4 is 24.0 Å². The first kappa shape index (κ1) is 25.0. The number of hydrogen-bond donors (Lipinski definition) is 0. The van der Waals surface area contributed by atoms with Crippen LogP contribution in [-0.2, 0) is 26.2 Å². The topological polar surface area (TPSA) is 4.93 Å². The Kier molecular flexibility index (Phi) is 7.91. The third kappa shape index (κ3) is 3.86. The molecular formula is C25H24Cl2NSiZr. The molecule has 2 aliphatic heterocycles. The van der Waals surface area contributed by atoms with Crippen LogP contribution in [0.15, 0.2) is 90.8 Å². The molecule has 1 unspecified atom stereocenters. The monoisotopic (exact) mass is 526 g/mol. The molecule has 3 aliphatic rings. The van der Waals surface area contributed by atoms with Gasteiger partial charge in [0.2, 0.25) is 0 Å². The van der Waals surface area contributed by atoms with Gasteiger partial charge in [-0.3, -0.25) is 0 Å². The van der Waals surface area contributed by atoms with E-state index in [4.69, 9.17) is 0 Å². The summed E-state index contributed by atoms with van der Waals surface area (Å²) in [5.74, 6) is 0. The van der Waals surface area contributed by atoms with Crippen LogP contribution in [0.4, 0.5) is 0 Å². The quantitative estimate of drug-likeness (QED) is 0.254. The molecule has 4 aromatic rings. The summed E-state index contributed by atoms with van der Waals surface area (Å²) in [6.45, 7) is 7.34. The Bertz CT molecular complexity index is 1140. The Morgan fingerprint density at radius 3 is 2.17 bits per heavy atom. The Hall–Kier alpha value is -1.25. The van der Waals surface area contributed by atoms with Gasteiger partial charge >= 0.3 is 26.2 Å². The first-order valence-corrected chi connectivity index (χ1v) is 12.7. The molecule has 1 aromatic heterocycles. The Morgan fingerprint density at radius 2 is 1.53 bits per heavy atom. The molecule has 0 spiro atoms. The van der Waals surface area contributed by atoms with Crippen LogP contribution >= 0.6 is 0 Å². The van der Waals surface area contributed by atoms with Gasteiger partial charge in [-0.15, -0.1) is 29.7 Å². The van der Waals surface area contributed by atoms with Crippen molar-refractivity contribution in [2.45, 2.75) is 25.6 Å². The van der Waals surface area contributed by atoms with Gasteiger partial charge in [0, 0.05) is 23.6 Å². The van der Waals surface area contributed by atoms with Gasteiger partial charge < -0.3 is 29.4 Å². The van der Waals surface area contributed by atoms with Crippen LogP contribution in [0.3, 0.4) is 0 Å². The zero-order valence-corrected chi connectivity index (χ0v) is 22.3. The largest absolute Gasteiger partial charge is 3.00 e. The molecule has 0 amide bonds. The molecule has 2 bridgehead atoms. The van der Waals surface area contributed by atoms with Crippen molar-refractivity contribution in [3.05, 3.63) is 102 Å². The molecular weight excluding hydrogens is 504 g/mol. The van der Waals surface area contributed by atoms with Crippen molar-refractivity contribution in [2.24, 2.45) is 0 Å². The summed E-state index contributed by atoms with van der Waals surface area (Å²) >= 11 is 0. The van der Waals surface area contributed by atoms with Crippen LogP contribution in [0.25, 0.3) is 21.7 Å². The van der Waals surface area contributed by atoms with Crippen LogP contribution < -0.4 is 24.8 Å². The van der Waals surface area contributed by atoms with Crippen molar-refractivity contribution < 1.29 is 51.0 Å². The summed E-state index contributed by atoms with van der Waals surface area (Å²) in [5.41, 5.74) is 6.83. The summed E-state index contributed by atoms with van der Waals surface area (Å²) in [4.78, 5) is 0. The molecule has 0 saturated heterocycles. The Labute approximate surface area is 211 Å². The fourth-order valence-electron chi connectivity index (χ4n) is 5.17. The minimum atomic E-state index is -1.12. The number of aromatic nitrogens is 1. The van der Waals surface area contributed by atoms with E-state index in [9.17, 15) is 0 Å². The molecule has 7 rings (SSSR count). The van der Waals surface area contributed by atoms with Gasteiger partial charge in [0.15, 0.2) is 0 Å². The second-order valence-electron chi connectivity index (χ2n) is 8.24. The van der Waals surface area contributed by atoms with Crippen molar-refractivity contribution in [1.82, 2.24) is 4.57 Å². The number of hydrogen-bond acceptors (Lipinski definition) is 0.